The maximum Gasteiger partial charge on any atom is 0.169 e. The van der Waals surface area contributed by atoms with Crippen LogP contribution in [0.4, 0.5) is 0 Å². The van der Waals surface area contributed by atoms with E-state index in [9.17, 15) is 4.79 Å². The molecule has 0 aromatic carbocycles. The van der Waals surface area contributed by atoms with Crippen molar-refractivity contribution < 1.29 is 9.53 Å². The summed E-state index contributed by atoms with van der Waals surface area (Å²) in [6.45, 7) is 5.09. The molecule has 5 heteroatoms. The highest BCUT2D eigenvalue weighted by atomic mass is 16.5. The molecular weight excluding hydrogens is 254 g/mol. The number of nitrogens with one attached hydrogen (secondary N) is 2. The van der Waals surface area contributed by atoms with E-state index in [-0.39, 0.29) is 11.7 Å². The van der Waals surface area contributed by atoms with E-state index in [0.717, 1.165) is 18.5 Å². The molecule has 0 aliphatic carbocycles. The van der Waals surface area contributed by atoms with Gasteiger partial charge in [0, 0.05) is 24.9 Å². The zero-order valence-corrected chi connectivity index (χ0v) is 12.6. The number of hydrogen-bond acceptors (Lipinski definition) is 5. The number of allylic oxidation sites excluding steroid dienone is 3. The molecule has 20 heavy (non-hydrogen) atoms. The molecule has 0 aromatic rings. The van der Waals surface area contributed by atoms with Crippen molar-refractivity contribution in [1.29, 1.82) is 5.41 Å². The van der Waals surface area contributed by atoms with Crippen LogP contribution in [-0.2, 0) is 9.53 Å². The molecule has 5 nitrogen and oxygen atoms in total. The molecule has 1 aliphatic rings. The SMILES string of the molecule is CC(C)C(=O)/C(C=N)=C1\C=CC(OCCN(C)C)=CN1. The molecule has 110 valence electrons. The number of dihydropyridines is 1. The number of ketones is 1. The predicted molar refractivity (Wildman–Crippen MR) is 80.5 cm³/mol. The van der Waals surface area contributed by atoms with Crippen LogP contribution in [0.25, 0.3) is 0 Å². The van der Waals surface area contributed by atoms with E-state index >= 15 is 0 Å². The molecule has 0 spiro atoms. The molecule has 0 amide bonds. The average Bonchev–Trinajstić information content (AvgIpc) is 2.40. The van der Waals surface area contributed by atoms with E-state index < -0.39 is 0 Å². The first-order valence-corrected chi connectivity index (χ1v) is 6.67. The first-order valence-electron chi connectivity index (χ1n) is 6.67. The van der Waals surface area contributed by atoms with Crippen LogP contribution in [0.3, 0.4) is 0 Å². The fourth-order valence-electron chi connectivity index (χ4n) is 1.61. The van der Waals surface area contributed by atoms with Gasteiger partial charge in [-0.1, -0.05) is 13.8 Å². The Hall–Kier alpha value is -1.88. The van der Waals surface area contributed by atoms with E-state index in [4.69, 9.17) is 10.1 Å². The monoisotopic (exact) mass is 277 g/mol. The molecule has 0 aromatic heterocycles. The summed E-state index contributed by atoms with van der Waals surface area (Å²) in [6.07, 6.45) is 6.38. The molecular formula is C15H23N3O2. The van der Waals surface area contributed by atoms with Gasteiger partial charge in [0.2, 0.25) is 0 Å². The van der Waals surface area contributed by atoms with Crippen molar-refractivity contribution in [2.45, 2.75) is 13.8 Å². The molecule has 0 fully saturated rings. The minimum absolute atomic E-state index is 0.0440. The van der Waals surface area contributed by atoms with Crippen molar-refractivity contribution in [3.05, 3.63) is 35.4 Å². The summed E-state index contributed by atoms with van der Waals surface area (Å²) < 4.78 is 5.57. The lowest BCUT2D eigenvalue weighted by atomic mass is 9.99. The third kappa shape index (κ3) is 4.66. The van der Waals surface area contributed by atoms with Gasteiger partial charge in [-0.05, 0) is 26.2 Å². The molecule has 0 saturated carbocycles. The summed E-state index contributed by atoms with van der Waals surface area (Å²) >= 11 is 0. The fourth-order valence-corrected chi connectivity index (χ4v) is 1.61. The van der Waals surface area contributed by atoms with Crippen molar-refractivity contribution >= 4 is 12.0 Å². The predicted octanol–water partition coefficient (Wildman–Crippen LogP) is 1.69. The summed E-state index contributed by atoms with van der Waals surface area (Å²) in [7, 11) is 3.98. The number of rotatable bonds is 7. The Morgan fingerprint density at radius 1 is 1.45 bits per heavy atom. The number of hydrogen-bond donors (Lipinski definition) is 2. The molecule has 1 heterocycles. The van der Waals surface area contributed by atoms with Crippen LogP contribution in [-0.4, -0.2) is 44.1 Å². The van der Waals surface area contributed by atoms with Crippen LogP contribution < -0.4 is 5.32 Å². The average molecular weight is 277 g/mol. The highest BCUT2D eigenvalue weighted by molar-refractivity contribution is 6.14. The van der Waals surface area contributed by atoms with Gasteiger partial charge >= 0.3 is 0 Å². The third-order valence-electron chi connectivity index (χ3n) is 2.82. The Labute approximate surface area is 120 Å². The van der Waals surface area contributed by atoms with Gasteiger partial charge in [-0.3, -0.25) is 4.79 Å². The van der Waals surface area contributed by atoms with Crippen LogP contribution in [0.15, 0.2) is 35.4 Å². The number of likely N-dealkylation sites (N-methyl/N-ethyl adjacent to an activating group) is 1. The first-order chi connectivity index (χ1) is 9.45. The number of nitrogens with zero attached hydrogens (tertiary/aromatic N) is 1. The molecule has 0 bridgehead atoms. The lowest BCUT2D eigenvalue weighted by molar-refractivity contribution is -0.117. The second kappa shape index (κ2) is 7.65. The smallest absolute Gasteiger partial charge is 0.169 e. The van der Waals surface area contributed by atoms with Gasteiger partial charge in [0.25, 0.3) is 0 Å². The Bertz CT molecular complexity index is 460. The van der Waals surface area contributed by atoms with Crippen molar-refractivity contribution in [2.24, 2.45) is 5.92 Å². The minimum Gasteiger partial charge on any atom is -0.491 e. The largest absolute Gasteiger partial charge is 0.491 e. The number of carbonyl (C=O) groups is 1. The lowest BCUT2D eigenvalue weighted by Crippen LogP contribution is -2.21. The molecule has 2 N–H and O–H groups in total. The van der Waals surface area contributed by atoms with Gasteiger partial charge in [-0.2, -0.15) is 0 Å². The molecule has 0 unspecified atom stereocenters. The summed E-state index contributed by atoms with van der Waals surface area (Å²) in [5.41, 5.74) is 1.03. The van der Waals surface area contributed by atoms with Gasteiger partial charge < -0.3 is 20.4 Å². The quantitative estimate of drug-likeness (QED) is 0.549. The van der Waals surface area contributed by atoms with E-state index in [1.54, 1.807) is 18.4 Å². The summed E-state index contributed by atoms with van der Waals surface area (Å²) in [6, 6.07) is 0. The van der Waals surface area contributed by atoms with E-state index in [1.165, 1.54) is 0 Å². The molecule has 0 radical (unpaired) electrons. The van der Waals surface area contributed by atoms with Crippen LogP contribution in [0.2, 0.25) is 0 Å². The Morgan fingerprint density at radius 3 is 2.60 bits per heavy atom. The fraction of sp³-hybridized carbons (Fsp3) is 0.467. The van der Waals surface area contributed by atoms with Gasteiger partial charge in [0.15, 0.2) is 5.78 Å². The van der Waals surface area contributed by atoms with Crippen molar-refractivity contribution in [1.82, 2.24) is 10.2 Å². The Balaban J connectivity index is 2.68. The van der Waals surface area contributed by atoms with Crippen LogP contribution in [0.5, 0.6) is 0 Å². The number of ether oxygens (including phenoxy) is 1. The zero-order valence-electron chi connectivity index (χ0n) is 12.6. The van der Waals surface area contributed by atoms with Crippen LogP contribution >= 0.6 is 0 Å². The molecule has 1 rings (SSSR count). The summed E-state index contributed by atoms with van der Waals surface area (Å²) in [4.78, 5) is 14.0. The van der Waals surface area contributed by atoms with Crippen molar-refractivity contribution in [2.75, 3.05) is 27.2 Å². The van der Waals surface area contributed by atoms with Gasteiger partial charge in [0.05, 0.1) is 11.3 Å². The third-order valence-corrected chi connectivity index (χ3v) is 2.82. The van der Waals surface area contributed by atoms with E-state index in [1.807, 2.05) is 32.8 Å². The van der Waals surface area contributed by atoms with Crippen LogP contribution in [0.1, 0.15) is 13.8 Å². The summed E-state index contributed by atoms with van der Waals surface area (Å²) in [5.74, 6) is 0.547. The minimum atomic E-state index is -0.129. The Morgan fingerprint density at radius 2 is 2.15 bits per heavy atom. The topological polar surface area (TPSA) is 65.4 Å². The zero-order chi connectivity index (χ0) is 15.1. The molecule has 0 atom stereocenters. The molecule has 0 saturated heterocycles. The number of Topliss-reactive ketones (excluding diaryl/α,β-unsaturated/α-hetero) is 1. The number of carbonyl (C=O) groups excluding carboxylic acids is 1. The van der Waals surface area contributed by atoms with E-state index in [2.05, 4.69) is 5.32 Å². The second-order valence-corrected chi connectivity index (χ2v) is 5.17. The second-order valence-electron chi connectivity index (χ2n) is 5.17. The Kier molecular flexibility index (Phi) is 6.18. The van der Waals surface area contributed by atoms with Crippen molar-refractivity contribution in [3.63, 3.8) is 0 Å². The standard InChI is InChI=1S/C15H23N3O2/c1-11(2)15(19)13(9-16)14-6-5-12(10-17-14)20-8-7-18(3)4/h5-6,9-11,16-17H,7-8H2,1-4H3/b14-13+,16-9?. The van der Waals surface area contributed by atoms with E-state index in [0.29, 0.717) is 17.9 Å². The van der Waals surface area contributed by atoms with Gasteiger partial charge in [-0.25, -0.2) is 0 Å². The van der Waals surface area contributed by atoms with Crippen molar-refractivity contribution in [3.8, 4) is 0 Å². The molecule has 1 aliphatic heterocycles. The van der Waals surface area contributed by atoms with Gasteiger partial charge in [-0.15, -0.1) is 0 Å². The van der Waals surface area contributed by atoms with Gasteiger partial charge in [0.1, 0.15) is 12.4 Å². The lowest BCUT2D eigenvalue weighted by Gasteiger charge is -2.16. The normalized spacial score (nSPS) is 16.8. The highest BCUT2D eigenvalue weighted by Gasteiger charge is 2.16. The highest BCUT2D eigenvalue weighted by Crippen LogP contribution is 2.14. The van der Waals surface area contributed by atoms with Crippen LogP contribution in [0, 0.1) is 11.3 Å². The maximum atomic E-state index is 12.0. The summed E-state index contributed by atoms with van der Waals surface area (Å²) in [5, 5.41) is 10.4. The first kappa shape index (κ1) is 16.2. The maximum absolute atomic E-state index is 12.0.